The van der Waals surface area contributed by atoms with Crippen LogP contribution in [0.25, 0.3) is 0 Å². The van der Waals surface area contributed by atoms with Crippen molar-refractivity contribution < 1.29 is 13.2 Å². The zero-order chi connectivity index (χ0) is 16.9. The van der Waals surface area contributed by atoms with Crippen LogP contribution < -0.4 is 0 Å². The van der Waals surface area contributed by atoms with Crippen molar-refractivity contribution in [1.82, 2.24) is 19.1 Å². The number of carbonyl (C=O) groups excluding carboxylic acids is 1. The molecule has 1 amide bonds. The Morgan fingerprint density at radius 2 is 1.83 bits per heavy atom. The van der Waals surface area contributed by atoms with Crippen molar-refractivity contribution >= 4 is 15.9 Å². The number of pyridine rings is 1. The maximum Gasteiger partial charge on any atom is 0.236 e. The highest BCUT2D eigenvalue weighted by atomic mass is 32.2. The predicted molar refractivity (Wildman–Crippen MR) is 88.4 cm³/mol. The van der Waals surface area contributed by atoms with Gasteiger partial charge < -0.3 is 4.90 Å². The number of aromatic nitrogens is 1. The van der Waals surface area contributed by atoms with E-state index in [9.17, 15) is 13.2 Å². The first-order valence-electron chi connectivity index (χ1n) is 7.66. The Morgan fingerprint density at radius 1 is 1.22 bits per heavy atom. The van der Waals surface area contributed by atoms with E-state index in [-0.39, 0.29) is 5.91 Å². The summed E-state index contributed by atoms with van der Waals surface area (Å²) in [5, 5.41) is 0. The predicted octanol–water partition coefficient (Wildman–Crippen LogP) is -0.340. The molecule has 2 heterocycles. The molecule has 0 saturated carbocycles. The molecule has 0 atom stereocenters. The Hall–Kier alpha value is -1.51. The van der Waals surface area contributed by atoms with E-state index < -0.39 is 10.0 Å². The first-order chi connectivity index (χ1) is 10.9. The molecular formula is C15H24N4O3S. The van der Waals surface area contributed by atoms with Gasteiger partial charge >= 0.3 is 0 Å². The average Bonchev–Trinajstić information content (AvgIpc) is 2.53. The van der Waals surface area contributed by atoms with Gasteiger partial charge in [0.05, 0.1) is 12.8 Å². The van der Waals surface area contributed by atoms with Gasteiger partial charge in [-0.15, -0.1) is 0 Å². The fraction of sp³-hybridized carbons (Fsp3) is 0.600. The SMILES string of the molecule is CN(CCc1ccncc1)C(=O)CN1CCN(S(C)(=O)=O)CC1. The van der Waals surface area contributed by atoms with Crippen molar-refractivity contribution in [2.75, 3.05) is 52.6 Å². The van der Waals surface area contributed by atoms with Crippen molar-refractivity contribution in [2.24, 2.45) is 0 Å². The van der Waals surface area contributed by atoms with E-state index in [1.165, 1.54) is 10.6 Å². The number of carbonyl (C=O) groups is 1. The number of sulfonamides is 1. The highest BCUT2D eigenvalue weighted by Crippen LogP contribution is 2.06. The summed E-state index contributed by atoms with van der Waals surface area (Å²) in [6.07, 6.45) is 5.52. The maximum absolute atomic E-state index is 12.3. The molecule has 1 aromatic rings. The average molecular weight is 340 g/mol. The number of hydrogen-bond acceptors (Lipinski definition) is 5. The van der Waals surface area contributed by atoms with Crippen molar-refractivity contribution in [3.63, 3.8) is 0 Å². The third kappa shape index (κ3) is 5.56. The van der Waals surface area contributed by atoms with Gasteiger partial charge in [-0.3, -0.25) is 14.7 Å². The highest BCUT2D eigenvalue weighted by Gasteiger charge is 2.25. The molecular weight excluding hydrogens is 316 g/mol. The van der Waals surface area contributed by atoms with Crippen LogP contribution in [0, 0.1) is 0 Å². The van der Waals surface area contributed by atoms with Crippen molar-refractivity contribution in [3.05, 3.63) is 30.1 Å². The van der Waals surface area contributed by atoms with Crippen LogP contribution in [-0.2, 0) is 21.2 Å². The van der Waals surface area contributed by atoms with E-state index in [0.717, 1.165) is 12.0 Å². The minimum atomic E-state index is -3.13. The van der Waals surface area contributed by atoms with Gasteiger partial charge in [0.1, 0.15) is 0 Å². The lowest BCUT2D eigenvalue weighted by molar-refractivity contribution is -0.131. The molecule has 1 aromatic heterocycles. The summed E-state index contributed by atoms with van der Waals surface area (Å²) in [5.41, 5.74) is 1.15. The van der Waals surface area contributed by atoms with Crippen LogP contribution in [0.4, 0.5) is 0 Å². The smallest absolute Gasteiger partial charge is 0.236 e. The summed E-state index contributed by atoms with van der Waals surface area (Å²) in [6.45, 7) is 3.09. The lowest BCUT2D eigenvalue weighted by Gasteiger charge is -2.33. The van der Waals surface area contributed by atoms with Crippen molar-refractivity contribution in [1.29, 1.82) is 0 Å². The summed E-state index contributed by atoms with van der Waals surface area (Å²) in [6, 6.07) is 3.89. The summed E-state index contributed by atoms with van der Waals surface area (Å²) in [5.74, 6) is 0.0619. The molecule has 2 rings (SSSR count). The number of rotatable bonds is 6. The van der Waals surface area contributed by atoms with E-state index >= 15 is 0 Å². The maximum atomic E-state index is 12.3. The summed E-state index contributed by atoms with van der Waals surface area (Å²) in [4.78, 5) is 20.0. The lowest BCUT2D eigenvalue weighted by atomic mass is 10.2. The molecule has 0 N–H and O–H groups in total. The minimum absolute atomic E-state index is 0.0619. The van der Waals surface area contributed by atoms with Crippen LogP contribution in [0.1, 0.15) is 5.56 Å². The van der Waals surface area contributed by atoms with E-state index in [1.807, 2.05) is 17.0 Å². The Morgan fingerprint density at radius 3 is 2.39 bits per heavy atom. The molecule has 1 saturated heterocycles. The zero-order valence-corrected chi connectivity index (χ0v) is 14.5. The van der Waals surface area contributed by atoms with Crippen LogP contribution in [0.3, 0.4) is 0 Å². The van der Waals surface area contributed by atoms with E-state index in [2.05, 4.69) is 4.98 Å². The van der Waals surface area contributed by atoms with Crippen LogP contribution in [0.15, 0.2) is 24.5 Å². The van der Waals surface area contributed by atoms with Crippen molar-refractivity contribution in [2.45, 2.75) is 6.42 Å². The molecule has 0 spiro atoms. The van der Waals surface area contributed by atoms with Gasteiger partial charge in [0.25, 0.3) is 0 Å². The first-order valence-corrected chi connectivity index (χ1v) is 9.51. The number of amides is 1. The molecule has 1 aliphatic rings. The molecule has 8 heteroatoms. The molecule has 0 bridgehead atoms. The Bertz CT molecular complexity index is 613. The van der Waals surface area contributed by atoms with Crippen LogP contribution in [-0.4, -0.2) is 86.0 Å². The van der Waals surface area contributed by atoms with Gasteiger partial charge in [-0.25, -0.2) is 8.42 Å². The van der Waals surface area contributed by atoms with Crippen LogP contribution in [0.5, 0.6) is 0 Å². The first kappa shape index (κ1) is 17.8. The zero-order valence-electron chi connectivity index (χ0n) is 13.7. The fourth-order valence-corrected chi connectivity index (χ4v) is 3.33. The summed E-state index contributed by atoms with van der Waals surface area (Å²) >= 11 is 0. The third-order valence-electron chi connectivity index (χ3n) is 4.07. The molecule has 1 fully saturated rings. The van der Waals surface area contributed by atoms with E-state index in [4.69, 9.17) is 0 Å². The fourth-order valence-electron chi connectivity index (χ4n) is 2.50. The second kappa shape index (κ2) is 7.85. The van der Waals surface area contributed by atoms with Crippen LogP contribution in [0.2, 0.25) is 0 Å². The second-order valence-electron chi connectivity index (χ2n) is 5.86. The molecule has 128 valence electrons. The molecule has 23 heavy (non-hydrogen) atoms. The topological polar surface area (TPSA) is 73.8 Å². The Balaban J connectivity index is 1.74. The Kier molecular flexibility index (Phi) is 6.09. The van der Waals surface area contributed by atoms with E-state index in [1.54, 1.807) is 24.3 Å². The molecule has 7 nitrogen and oxygen atoms in total. The molecule has 0 aromatic carbocycles. The van der Waals surface area contributed by atoms with Gasteiger partial charge in [0.2, 0.25) is 15.9 Å². The van der Waals surface area contributed by atoms with Gasteiger partial charge in [0, 0.05) is 52.2 Å². The van der Waals surface area contributed by atoms with E-state index in [0.29, 0.717) is 39.3 Å². The van der Waals surface area contributed by atoms with Gasteiger partial charge in [-0.05, 0) is 24.1 Å². The number of piperazine rings is 1. The molecule has 1 aliphatic heterocycles. The number of nitrogens with zero attached hydrogens (tertiary/aromatic N) is 4. The highest BCUT2D eigenvalue weighted by molar-refractivity contribution is 7.88. The van der Waals surface area contributed by atoms with Crippen LogP contribution >= 0.6 is 0 Å². The molecule has 0 unspecified atom stereocenters. The Labute approximate surface area is 137 Å². The third-order valence-corrected chi connectivity index (χ3v) is 5.37. The summed E-state index contributed by atoms with van der Waals surface area (Å²) < 4.78 is 24.4. The lowest BCUT2D eigenvalue weighted by Crippen LogP contribution is -2.51. The number of likely N-dealkylation sites (N-methyl/N-ethyl adjacent to an activating group) is 1. The monoisotopic (exact) mass is 340 g/mol. The standard InChI is InChI=1S/C15H24N4O3S/c1-17(8-5-14-3-6-16-7-4-14)15(20)13-18-9-11-19(12-10-18)23(2,21)22/h3-4,6-7H,5,8-13H2,1-2H3. The van der Waals surface area contributed by atoms with Gasteiger partial charge in [0.15, 0.2) is 0 Å². The molecule has 0 radical (unpaired) electrons. The quantitative estimate of drug-likeness (QED) is 0.708. The normalized spacial score (nSPS) is 17.1. The minimum Gasteiger partial charge on any atom is -0.344 e. The number of hydrogen-bond donors (Lipinski definition) is 0. The van der Waals surface area contributed by atoms with Gasteiger partial charge in [-0.1, -0.05) is 0 Å². The van der Waals surface area contributed by atoms with Gasteiger partial charge in [-0.2, -0.15) is 4.31 Å². The second-order valence-corrected chi connectivity index (χ2v) is 7.84. The molecule has 0 aliphatic carbocycles. The largest absolute Gasteiger partial charge is 0.344 e. The van der Waals surface area contributed by atoms with Crippen molar-refractivity contribution in [3.8, 4) is 0 Å². The summed E-state index contributed by atoms with van der Waals surface area (Å²) in [7, 11) is -1.33.